The van der Waals surface area contributed by atoms with E-state index in [0.717, 1.165) is 31.0 Å². The Morgan fingerprint density at radius 2 is 2.26 bits per heavy atom. The van der Waals surface area contributed by atoms with Crippen molar-refractivity contribution < 1.29 is 4.74 Å². The van der Waals surface area contributed by atoms with Crippen molar-refractivity contribution in [1.29, 1.82) is 0 Å². The summed E-state index contributed by atoms with van der Waals surface area (Å²) in [5, 5.41) is 7.75. The van der Waals surface area contributed by atoms with E-state index >= 15 is 0 Å². The summed E-state index contributed by atoms with van der Waals surface area (Å²) in [6.45, 7) is 5.79. The lowest BCUT2D eigenvalue weighted by atomic mass is 10.2. The predicted molar refractivity (Wildman–Crippen MR) is 79.7 cm³/mol. The van der Waals surface area contributed by atoms with Crippen molar-refractivity contribution in [3.05, 3.63) is 46.3 Å². The Balaban J connectivity index is 1.82. The maximum absolute atomic E-state index is 5.70. The highest BCUT2D eigenvalue weighted by Gasteiger charge is 2.06. The Hall–Kier alpha value is -1.39. The smallest absolute Gasteiger partial charge is 0.218 e. The first-order chi connectivity index (χ1) is 9.25. The molecule has 0 saturated heterocycles. The minimum atomic E-state index is 0.152. The Morgan fingerprint density at radius 3 is 3.00 bits per heavy atom. The van der Waals surface area contributed by atoms with Crippen LogP contribution < -0.4 is 10.1 Å². The van der Waals surface area contributed by atoms with Gasteiger partial charge in [-0.2, -0.15) is 11.3 Å². The second kappa shape index (κ2) is 7.26. The minimum absolute atomic E-state index is 0.152. The number of rotatable bonds is 7. The average molecular weight is 276 g/mol. The summed E-state index contributed by atoms with van der Waals surface area (Å²) in [6, 6.07) is 6.18. The summed E-state index contributed by atoms with van der Waals surface area (Å²) in [4.78, 5) is 4.29. The highest BCUT2D eigenvalue weighted by atomic mass is 32.1. The number of hydrogen-bond acceptors (Lipinski definition) is 4. The molecule has 2 heterocycles. The van der Waals surface area contributed by atoms with Crippen molar-refractivity contribution in [3.8, 4) is 5.88 Å². The molecule has 0 aliphatic rings. The number of ether oxygens (including phenoxy) is 1. The largest absolute Gasteiger partial charge is 0.475 e. The molecule has 2 aromatic rings. The second-order valence-electron chi connectivity index (χ2n) is 4.69. The van der Waals surface area contributed by atoms with Crippen LogP contribution in [0.2, 0.25) is 0 Å². The van der Waals surface area contributed by atoms with Gasteiger partial charge in [0.15, 0.2) is 0 Å². The van der Waals surface area contributed by atoms with Crippen LogP contribution in [0.15, 0.2) is 35.2 Å². The van der Waals surface area contributed by atoms with Gasteiger partial charge >= 0.3 is 0 Å². The van der Waals surface area contributed by atoms with Crippen molar-refractivity contribution in [1.82, 2.24) is 10.3 Å². The number of nitrogens with zero attached hydrogens (tertiary/aromatic N) is 1. The van der Waals surface area contributed by atoms with Gasteiger partial charge in [-0.05, 0) is 55.3 Å². The Bertz CT molecular complexity index is 483. The molecule has 2 aromatic heterocycles. The van der Waals surface area contributed by atoms with E-state index in [4.69, 9.17) is 4.74 Å². The Morgan fingerprint density at radius 1 is 1.37 bits per heavy atom. The van der Waals surface area contributed by atoms with Gasteiger partial charge in [0.1, 0.15) is 0 Å². The lowest BCUT2D eigenvalue weighted by Gasteiger charge is -2.13. The number of pyridine rings is 1. The molecule has 0 aliphatic carbocycles. The molecule has 0 bridgehead atoms. The van der Waals surface area contributed by atoms with Crippen molar-refractivity contribution in [2.75, 3.05) is 6.54 Å². The van der Waals surface area contributed by atoms with Crippen LogP contribution in [-0.2, 0) is 13.0 Å². The van der Waals surface area contributed by atoms with E-state index in [-0.39, 0.29) is 6.10 Å². The third-order valence-electron chi connectivity index (χ3n) is 2.68. The molecule has 3 nitrogen and oxygen atoms in total. The molecule has 0 fully saturated rings. The SMILES string of the molecule is CC(C)Oc1ncccc1CNCCc1ccsc1. The molecule has 0 atom stereocenters. The maximum atomic E-state index is 5.70. The zero-order valence-electron chi connectivity index (χ0n) is 11.4. The molecular weight excluding hydrogens is 256 g/mol. The summed E-state index contributed by atoms with van der Waals surface area (Å²) < 4.78 is 5.70. The summed E-state index contributed by atoms with van der Waals surface area (Å²) in [5.41, 5.74) is 2.50. The topological polar surface area (TPSA) is 34.1 Å². The van der Waals surface area contributed by atoms with E-state index in [0.29, 0.717) is 0 Å². The fraction of sp³-hybridized carbons (Fsp3) is 0.400. The van der Waals surface area contributed by atoms with Gasteiger partial charge in [-0.15, -0.1) is 0 Å². The highest BCUT2D eigenvalue weighted by Crippen LogP contribution is 2.15. The third-order valence-corrected chi connectivity index (χ3v) is 3.42. The van der Waals surface area contributed by atoms with Crippen LogP contribution in [0.5, 0.6) is 5.88 Å². The van der Waals surface area contributed by atoms with Gasteiger partial charge in [-0.3, -0.25) is 0 Å². The minimum Gasteiger partial charge on any atom is -0.475 e. The van der Waals surface area contributed by atoms with Crippen LogP contribution >= 0.6 is 11.3 Å². The molecule has 0 aromatic carbocycles. The monoisotopic (exact) mass is 276 g/mol. The number of thiophene rings is 1. The van der Waals surface area contributed by atoms with E-state index in [2.05, 4.69) is 33.2 Å². The maximum Gasteiger partial charge on any atom is 0.218 e. The third kappa shape index (κ3) is 4.65. The molecule has 4 heteroatoms. The first-order valence-corrected chi connectivity index (χ1v) is 7.52. The summed E-state index contributed by atoms with van der Waals surface area (Å²) >= 11 is 1.75. The summed E-state index contributed by atoms with van der Waals surface area (Å²) in [6.07, 6.45) is 2.98. The number of hydrogen-bond donors (Lipinski definition) is 1. The molecule has 0 saturated carbocycles. The van der Waals surface area contributed by atoms with Crippen molar-refractivity contribution in [3.63, 3.8) is 0 Å². The van der Waals surface area contributed by atoms with Gasteiger partial charge in [-0.25, -0.2) is 4.98 Å². The molecule has 19 heavy (non-hydrogen) atoms. The quantitative estimate of drug-likeness (QED) is 0.788. The van der Waals surface area contributed by atoms with Crippen LogP contribution in [0.3, 0.4) is 0 Å². The van der Waals surface area contributed by atoms with Gasteiger partial charge in [0.05, 0.1) is 6.10 Å². The van der Waals surface area contributed by atoms with Gasteiger partial charge in [0.25, 0.3) is 0 Å². The molecule has 0 unspecified atom stereocenters. The van der Waals surface area contributed by atoms with E-state index < -0.39 is 0 Å². The Labute approximate surface area is 118 Å². The molecule has 1 N–H and O–H groups in total. The number of nitrogens with one attached hydrogen (secondary N) is 1. The van der Waals surface area contributed by atoms with Gasteiger partial charge in [0.2, 0.25) is 5.88 Å². The van der Waals surface area contributed by atoms with Crippen LogP contribution in [-0.4, -0.2) is 17.6 Å². The molecular formula is C15H20N2OS. The van der Waals surface area contributed by atoms with E-state index in [1.54, 1.807) is 17.5 Å². The van der Waals surface area contributed by atoms with E-state index in [9.17, 15) is 0 Å². The lowest BCUT2D eigenvalue weighted by Crippen LogP contribution is -2.18. The average Bonchev–Trinajstić information content (AvgIpc) is 2.89. The molecule has 0 spiro atoms. The molecule has 2 rings (SSSR count). The molecule has 0 amide bonds. The summed E-state index contributed by atoms with van der Waals surface area (Å²) in [7, 11) is 0. The van der Waals surface area contributed by atoms with Gasteiger partial charge < -0.3 is 10.1 Å². The lowest BCUT2D eigenvalue weighted by molar-refractivity contribution is 0.229. The molecule has 0 aliphatic heterocycles. The zero-order valence-corrected chi connectivity index (χ0v) is 12.2. The van der Waals surface area contributed by atoms with Gasteiger partial charge in [0, 0.05) is 18.3 Å². The highest BCUT2D eigenvalue weighted by molar-refractivity contribution is 7.07. The first kappa shape index (κ1) is 14.0. The van der Waals surface area contributed by atoms with Crippen molar-refractivity contribution in [2.24, 2.45) is 0 Å². The Kier molecular flexibility index (Phi) is 5.36. The standard InChI is InChI=1S/C15H20N2OS/c1-12(2)18-15-14(4-3-7-17-15)10-16-8-5-13-6-9-19-11-13/h3-4,6-7,9,11-12,16H,5,8,10H2,1-2H3. The fourth-order valence-corrected chi connectivity index (χ4v) is 2.48. The van der Waals surface area contributed by atoms with Crippen LogP contribution in [0.25, 0.3) is 0 Å². The summed E-state index contributed by atoms with van der Waals surface area (Å²) in [5.74, 6) is 0.737. The first-order valence-electron chi connectivity index (χ1n) is 6.58. The fourth-order valence-electron chi connectivity index (χ4n) is 1.78. The van der Waals surface area contributed by atoms with E-state index in [1.807, 2.05) is 19.9 Å². The van der Waals surface area contributed by atoms with Crippen molar-refractivity contribution >= 4 is 11.3 Å². The molecule has 0 radical (unpaired) electrons. The van der Waals surface area contributed by atoms with Crippen LogP contribution in [0.1, 0.15) is 25.0 Å². The normalized spacial score (nSPS) is 10.9. The van der Waals surface area contributed by atoms with E-state index in [1.165, 1.54) is 5.56 Å². The molecule has 102 valence electrons. The zero-order chi connectivity index (χ0) is 13.5. The van der Waals surface area contributed by atoms with Crippen molar-refractivity contribution in [2.45, 2.75) is 32.9 Å². The number of aromatic nitrogens is 1. The van der Waals surface area contributed by atoms with Crippen LogP contribution in [0.4, 0.5) is 0 Å². The van der Waals surface area contributed by atoms with Crippen LogP contribution in [0, 0.1) is 0 Å². The predicted octanol–water partition coefficient (Wildman–Crippen LogP) is 3.26. The van der Waals surface area contributed by atoms with Gasteiger partial charge in [-0.1, -0.05) is 6.07 Å². The second-order valence-corrected chi connectivity index (χ2v) is 5.47.